The molecule has 0 saturated carbocycles. The first kappa shape index (κ1) is 29.8. The highest BCUT2D eigenvalue weighted by Crippen LogP contribution is 2.26. The summed E-state index contributed by atoms with van der Waals surface area (Å²) in [6.45, 7) is 10.7. The van der Waals surface area contributed by atoms with Crippen LogP contribution in [0, 0.1) is 26.3 Å². The zero-order valence-electron chi connectivity index (χ0n) is 21.1. The van der Waals surface area contributed by atoms with Crippen LogP contribution in [0.2, 0.25) is 0 Å². The number of benzene rings is 1. The summed E-state index contributed by atoms with van der Waals surface area (Å²) in [5, 5.41) is 5.11. The number of nitrogens with zero attached hydrogens (tertiary/aromatic N) is 1. The SMILES string of the molecule is C#CN(C(=O)C(CS)NC(=O)OC(C)(C)C)C(C(=O)NCCC(=O)OCC)c1ccc(C)cc1C. The van der Waals surface area contributed by atoms with E-state index in [1.807, 2.05) is 13.0 Å². The quantitative estimate of drug-likeness (QED) is 0.195. The maximum absolute atomic E-state index is 13.4. The second-order valence-electron chi connectivity index (χ2n) is 8.83. The first-order valence-corrected chi connectivity index (χ1v) is 11.9. The summed E-state index contributed by atoms with van der Waals surface area (Å²) < 4.78 is 10.1. The van der Waals surface area contributed by atoms with Gasteiger partial charge in [0.15, 0.2) is 0 Å². The Labute approximate surface area is 212 Å². The number of hydrogen-bond acceptors (Lipinski definition) is 7. The van der Waals surface area contributed by atoms with Crippen molar-refractivity contribution in [2.75, 3.05) is 18.9 Å². The number of nitrogens with one attached hydrogen (secondary N) is 2. The zero-order valence-corrected chi connectivity index (χ0v) is 22.0. The van der Waals surface area contributed by atoms with E-state index >= 15 is 0 Å². The molecule has 0 fully saturated rings. The van der Waals surface area contributed by atoms with Crippen molar-refractivity contribution in [3.63, 3.8) is 0 Å². The average molecular weight is 506 g/mol. The highest BCUT2D eigenvalue weighted by atomic mass is 32.1. The summed E-state index contributed by atoms with van der Waals surface area (Å²) in [4.78, 5) is 51.5. The predicted octanol–water partition coefficient (Wildman–Crippen LogP) is 2.66. The van der Waals surface area contributed by atoms with Gasteiger partial charge in [-0.1, -0.05) is 30.2 Å². The molecular weight excluding hydrogens is 470 g/mol. The molecule has 2 atom stereocenters. The molecule has 0 saturated heterocycles. The van der Waals surface area contributed by atoms with Gasteiger partial charge in [0.05, 0.1) is 13.0 Å². The van der Waals surface area contributed by atoms with Gasteiger partial charge in [0.25, 0.3) is 5.91 Å². The van der Waals surface area contributed by atoms with E-state index in [-0.39, 0.29) is 25.3 Å². The van der Waals surface area contributed by atoms with Crippen molar-refractivity contribution in [3.05, 3.63) is 34.9 Å². The molecule has 0 bridgehead atoms. The third-order valence-electron chi connectivity index (χ3n) is 4.71. The molecule has 1 rings (SSSR count). The van der Waals surface area contributed by atoms with E-state index in [0.29, 0.717) is 5.56 Å². The molecule has 0 aliphatic heterocycles. The summed E-state index contributed by atoms with van der Waals surface area (Å²) in [6, 6.07) is 5.31. The Bertz CT molecular complexity index is 967. The lowest BCUT2D eigenvalue weighted by Gasteiger charge is -2.30. The van der Waals surface area contributed by atoms with Crippen LogP contribution < -0.4 is 10.6 Å². The Balaban J connectivity index is 3.25. The third kappa shape index (κ3) is 9.53. The Morgan fingerprint density at radius 2 is 1.86 bits per heavy atom. The van der Waals surface area contributed by atoms with Gasteiger partial charge in [-0.25, -0.2) is 4.79 Å². The largest absolute Gasteiger partial charge is 0.466 e. The van der Waals surface area contributed by atoms with Gasteiger partial charge in [-0.2, -0.15) is 12.6 Å². The molecule has 0 radical (unpaired) electrons. The highest BCUT2D eigenvalue weighted by Gasteiger charge is 2.36. The van der Waals surface area contributed by atoms with Crippen molar-refractivity contribution in [2.45, 2.75) is 65.6 Å². The van der Waals surface area contributed by atoms with Crippen molar-refractivity contribution < 1.29 is 28.7 Å². The number of amides is 3. The molecule has 0 spiro atoms. The van der Waals surface area contributed by atoms with Gasteiger partial charge < -0.3 is 20.1 Å². The summed E-state index contributed by atoms with van der Waals surface area (Å²) in [7, 11) is 0. The molecule has 192 valence electrons. The number of thiol groups is 1. The lowest BCUT2D eigenvalue weighted by molar-refractivity contribution is -0.143. The maximum atomic E-state index is 13.4. The number of carbonyl (C=O) groups is 4. The Morgan fingerprint density at radius 1 is 1.20 bits per heavy atom. The predicted molar refractivity (Wildman–Crippen MR) is 136 cm³/mol. The van der Waals surface area contributed by atoms with Gasteiger partial charge >= 0.3 is 12.1 Å². The van der Waals surface area contributed by atoms with Crippen molar-refractivity contribution in [1.82, 2.24) is 15.5 Å². The number of rotatable bonds is 10. The van der Waals surface area contributed by atoms with Gasteiger partial charge in [0, 0.05) is 18.3 Å². The number of aryl methyl sites for hydroxylation is 2. The van der Waals surface area contributed by atoms with Gasteiger partial charge in [-0.05, 0) is 52.7 Å². The number of carbonyl (C=O) groups excluding carboxylic acids is 4. The summed E-state index contributed by atoms with van der Waals surface area (Å²) in [6.07, 6.45) is 4.85. The highest BCUT2D eigenvalue weighted by molar-refractivity contribution is 7.80. The molecule has 1 aromatic rings. The Morgan fingerprint density at radius 3 is 2.37 bits per heavy atom. The molecule has 3 amide bonds. The maximum Gasteiger partial charge on any atom is 0.408 e. The number of ether oxygens (including phenoxy) is 2. The third-order valence-corrected chi connectivity index (χ3v) is 5.07. The fourth-order valence-electron chi connectivity index (χ4n) is 3.22. The zero-order chi connectivity index (χ0) is 26.8. The van der Waals surface area contributed by atoms with Crippen molar-refractivity contribution >= 4 is 36.5 Å². The smallest absolute Gasteiger partial charge is 0.408 e. The summed E-state index contributed by atoms with van der Waals surface area (Å²) >= 11 is 4.18. The molecule has 0 aromatic heterocycles. The summed E-state index contributed by atoms with van der Waals surface area (Å²) in [5.41, 5.74) is 1.43. The number of hydrogen-bond donors (Lipinski definition) is 3. The number of terminal acetylenes is 1. The van der Waals surface area contributed by atoms with Gasteiger partial charge in [-0.3, -0.25) is 19.3 Å². The molecular formula is C25H35N3O6S. The van der Waals surface area contributed by atoms with Crippen molar-refractivity contribution in [1.29, 1.82) is 0 Å². The molecule has 0 aliphatic carbocycles. The molecule has 2 unspecified atom stereocenters. The van der Waals surface area contributed by atoms with E-state index in [2.05, 4.69) is 29.3 Å². The van der Waals surface area contributed by atoms with E-state index in [9.17, 15) is 19.2 Å². The van der Waals surface area contributed by atoms with Crippen LogP contribution in [0.5, 0.6) is 0 Å². The minimum atomic E-state index is -1.21. The van der Waals surface area contributed by atoms with E-state index in [1.54, 1.807) is 46.8 Å². The first-order chi connectivity index (χ1) is 16.3. The fourth-order valence-corrected chi connectivity index (χ4v) is 3.46. The second-order valence-corrected chi connectivity index (χ2v) is 9.19. The van der Waals surface area contributed by atoms with Crippen LogP contribution in [0.3, 0.4) is 0 Å². The van der Waals surface area contributed by atoms with Crippen molar-refractivity contribution in [2.24, 2.45) is 0 Å². The Hall–Kier alpha value is -3.19. The molecule has 9 nitrogen and oxygen atoms in total. The van der Waals surface area contributed by atoms with E-state index < -0.39 is 41.6 Å². The Kier molecular flexibility index (Phi) is 11.6. The summed E-state index contributed by atoms with van der Waals surface area (Å²) in [5.74, 6) is -1.83. The van der Waals surface area contributed by atoms with Crippen LogP contribution in [0.4, 0.5) is 4.79 Å². The fraction of sp³-hybridized carbons (Fsp3) is 0.520. The molecule has 0 aliphatic rings. The van der Waals surface area contributed by atoms with Crippen LogP contribution in [0.15, 0.2) is 18.2 Å². The second kappa shape index (κ2) is 13.6. The van der Waals surface area contributed by atoms with Crippen LogP contribution >= 0.6 is 12.6 Å². The average Bonchev–Trinajstić information content (AvgIpc) is 2.75. The van der Waals surface area contributed by atoms with E-state index in [0.717, 1.165) is 16.0 Å². The minimum Gasteiger partial charge on any atom is -0.466 e. The van der Waals surface area contributed by atoms with Crippen LogP contribution in [0.1, 0.15) is 56.8 Å². The molecule has 10 heteroatoms. The van der Waals surface area contributed by atoms with E-state index in [4.69, 9.17) is 15.9 Å². The van der Waals surface area contributed by atoms with Gasteiger partial charge in [-0.15, -0.1) is 0 Å². The first-order valence-electron chi connectivity index (χ1n) is 11.2. The molecule has 2 N–H and O–H groups in total. The van der Waals surface area contributed by atoms with Gasteiger partial charge in [0.1, 0.15) is 17.7 Å². The van der Waals surface area contributed by atoms with E-state index in [1.165, 1.54) is 0 Å². The monoisotopic (exact) mass is 505 g/mol. The lowest BCUT2D eigenvalue weighted by Crippen LogP contribution is -2.52. The standard InChI is InChI=1S/C25H35N3O6S/c1-8-28(23(31)19(15-35)27-24(32)34-25(5,6)7)21(18-11-10-16(3)14-17(18)4)22(30)26-13-12-20(29)33-9-2/h1,10-11,14,19,21,35H,9,12-13,15H2,2-7H3,(H,26,30)(H,27,32). The topological polar surface area (TPSA) is 114 Å². The molecule has 0 heterocycles. The van der Waals surface area contributed by atoms with Crippen LogP contribution in [0.25, 0.3) is 0 Å². The van der Waals surface area contributed by atoms with Gasteiger partial charge in [0.2, 0.25) is 5.91 Å². The van der Waals surface area contributed by atoms with Crippen molar-refractivity contribution in [3.8, 4) is 12.5 Å². The number of esters is 1. The minimum absolute atomic E-state index is 0.00215. The lowest BCUT2D eigenvalue weighted by atomic mass is 9.97. The number of alkyl carbamates (subject to hydrolysis) is 1. The molecule has 35 heavy (non-hydrogen) atoms. The molecule has 1 aromatic carbocycles. The normalized spacial score (nSPS) is 12.5. The van der Waals surface area contributed by atoms with Crippen LogP contribution in [-0.4, -0.2) is 59.3 Å². The van der Waals surface area contributed by atoms with Crippen LogP contribution in [-0.2, 0) is 23.9 Å².